The van der Waals surface area contributed by atoms with Crippen LogP contribution < -0.4 is 15.5 Å². The number of nitrogens with zero attached hydrogens (tertiary/aromatic N) is 1. The Balaban J connectivity index is 1.80. The van der Waals surface area contributed by atoms with E-state index in [2.05, 4.69) is 5.32 Å². The van der Waals surface area contributed by atoms with Gasteiger partial charge >= 0.3 is 5.97 Å². The Morgan fingerprint density at radius 3 is 2.83 bits per heavy atom. The van der Waals surface area contributed by atoms with Crippen LogP contribution in [0.5, 0.6) is 5.75 Å². The molecule has 0 unspecified atom stereocenters. The molecular formula is C22H19FN2O4. The average Bonchev–Trinajstić information content (AvgIpc) is 3.55. The van der Waals surface area contributed by atoms with Crippen LogP contribution in [0, 0.1) is 12.7 Å². The van der Waals surface area contributed by atoms with Gasteiger partial charge in [-0.2, -0.15) is 0 Å². The summed E-state index contributed by atoms with van der Waals surface area (Å²) in [7, 11) is 0. The van der Waals surface area contributed by atoms with Crippen LogP contribution in [-0.2, 0) is 0 Å². The monoisotopic (exact) mass is 394 g/mol. The Hall–Kier alpha value is -3.35. The second kappa shape index (κ2) is 6.34. The van der Waals surface area contributed by atoms with Crippen LogP contribution in [0.3, 0.4) is 0 Å². The predicted octanol–water partition coefficient (Wildman–Crippen LogP) is 3.95. The number of ether oxygens (including phenoxy) is 1. The Kier molecular flexibility index (Phi) is 3.87. The minimum Gasteiger partial charge on any atom is -0.490 e. The molecule has 3 aromatic rings. The van der Waals surface area contributed by atoms with E-state index in [0.29, 0.717) is 29.0 Å². The lowest BCUT2D eigenvalue weighted by atomic mass is 9.97. The molecule has 148 valence electrons. The van der Waals surface area contributed by atoms with E-state index in [-0.39, 0.29) is 22.6 Å². The van der Waals surface area contributed by atoms with Crippen molar-refractivity contribution in [2.45, 2.75) is 25.8 Å². The zero-order chi connectivity index (χ0) is 20.3. The zero-order valence-corrected chi connectivity index (χ0v) is 15.8. The highest BCUT2D eigenvalue weighted by molar-refractivity contribution is 5.95. The number of hydrogen-bond acceptors (Lipinski definition) is 4. The third-order valence-corrected chi connectivity index (χ3v) is 5.63. The lowest BCUT2D eigenvalue weighted by molar-refractivity contribution is 0.0695. The lowest BCUT2D eigenvalue weighted by Gasteiger charge is -2.20. The summed E-state index contributed by atoms with van der Waals surface area (Å²) in [5.74, 6) is -1.16. The van der Waals surface area contributed by atoms with E-state index in [1.807, 2.05) is 16.7 Å². The van der Waals surface area contributed by atoms with E-state index in [1.54, 1.807) is 12.1 Å². The van der Waals surface area contributed by atoms with E-state index in [0.717, 1.165) is 25.1 Å². The maximum Gasteiger partial charge on any atom is 0.341 e. The summed E-state index contributed by atoms with van der Waals surface area (Å²) in [6, 6.07) is 7.24. The van der Waals surface area contributed by atoms with Gasteiger partial charge < -0.3 is 19.7 Å². The van der Waals surface area contributed by atoms with Gasteiger partial charge in [-0.25, -0.2) is 9.18 Å². The molecule has 2 aromatic carbocycles. The number of nitrogens with one attached hydrogen (secondary N) is 1. The van der Waals surface area contributed by atoms with Crippen LogP contribution in [0.25, 0.3) is 22.0 Å². The fraction of sp³-hybridized carbons (Fsp3) is 0.273. The number of pyridine rings is 1. The van der Waals surface area contributed by atoms with E-state index < -0.39 is 17.2 Å². The number of carboxylic acid groups (broad SMARTS) is 1. The maximum atomic E-state index is 15.4. The van der Waals surface area contributed by atoms with Crippen LogP contribution in [0.15, 0.2) is 35.3 Å². The molecule has 2 N–H and O–H groups in total. The molecule has 6 nitrogen and oxygen atoms in total. The van der Waals surface area contributed by atoms with Gasteiger partial charge in [0.1, 0.15) is 23.7 Å². The number of aromatic nitrogens is 1. The van der Waals surface area contributed by atoms with Gasteiger partial charge in [-0.05, 0) is 49.1 Å². The Morgan fingerprint density at radius 2 is 2.10 bits per heavy atom. The normalized spacial score (nSPS) is 15.5. The van der Waals surface area contributed by atoms with Gasteiger partial charge in [-0.3, -0.25) is 4.79 Å². The third kappa shape index (κ3) is 2.76. The van der Waals surface area contributed by atoms with Crippen molar-refractivity contribution in [3.8, 4) is 16.9 Å². The Bertz CT molecular complexity index is 1240. The van der Waals surface area contributed by atoms with Crippen LogP contribution >= 0.6 is 0 Å². The minimum atomic E-state index is -1.30. The van der Waals surface area contributed by atoms with Gasteiger partial charge in [0.05, 0.1) is 16.6 Å². The number of halogens is 1. The van der Waals surface area contributed by atoms with E-state index in [9.17, 15) is 14.7 Å². The summed E-state index contributed by atoms with van der Waals surface area (Å²) in [6.45, 7) is 2.78. The molecule has 1 aliphatic carbocycles. The zero-order valence-electron chi connectivity index (χ0n) is 15.8. The molecule has 2 aliphatic rings. The summed E-state index contributed by atoms with van der Waals surface area (Å²) in [4.78, 5) is 24.3. The standard InChI is InChI=1S/C22H19FN2O4/c1-11-19-17(25(13-3-4-13)10-15(21(19)26)22(27)28)9-14(20(11)23)12-2-5-16-18(8-12)29-7-6-24-16/h2,5,8-10,13,24H,3-4,6-7H2,1H3,(H,27,28). The first-order valence-corrected chi connectivity index (χ1v) is 9.58. The number of carbonyl (C=O) groups is 1. The average molecular weight is 394 g/mol. The van der Waals surface area contributed by atoms with Crippen LogP contribution in [0.2, 0.25) is 0 Å². The first kappa shape index (κ1) is 17.7. The summed E-state index contributed by atoms with van der Waals surface area (Å²) in [5.41, 5.74) is 1.62. The number of benzene rings is 2. The molecule has 1 aliphatic heterocycles. The largest absolute Gasteiger partial charge is 0.490 e. The SMILES string of the molecule is Cc1c(F)c(-c2ccc3c(c2)OCCN3)cc2c1c(=O)c(C(=O)O)cn2C1CC1. The summed E-state index contributed by atoms with van der Waals surface area (Å²) < 4.78 is 22.8. The number of carboxylic acids is 1. The van der Waals surface area contributed by atoms with Gasteiger partial charge in [-0.1, -0.05) is 6.07 Å². The molecule has 2 heterocycles. The first-order chi connectivity index (χ1) is 14.0. The highest BCUT2D eigenvalue weighted by Gasteiger charge is 2.28. The summed E-state index contributed by atoms with van der Waals surface area (Å²) in [5, 5.41) is 12.8. The predicted molar refractivity (Wildman–Crippen MR) is 108 cm³/mol. The molecule has 1 saturated carbocycles. The van der Waals surface area contributed by atoms with Gasteiger partial charge in [0, 0.05) is 24.3 Å². The van der Waals surface area contributed by atoms with Crippen molar-refractivity contribution in [2.24, 2.45) is 0 Å². The molecule has 0 saturated heterocycles. The molecular weight excluding hydrogens is 375 g/mol. The molecule has 0 atom stereocenters. The molecule has 7 heteroatoms. The maximum absolute atomic E-state index is 15.4. The Morgan fingerprint density at radius 1 is 1.31 bits per heavy atom. The number of aromatic carboxylic acids is 1. The number of aryl methyl sites for hydroxylation is 1. The smallest absolute Gasteiger partial charge is 0.341 e. The van der Waals surface area contributed by atoms with Gasteiger partial charge in [0.2, 0.25) is 5.43 Å². The quantitative estimate of drug-likeness (QED) is 0.703. The fourth-order valence-corrected chi connectivity index (χ4v) is 3.99. The van der Waals surface area contributed by atoms with Crippen LogP contribution in [0.1, 0.15) is 34.8 Å². The van der Waals surface area contributed by atoms with Crippen molar-refractivity contribution in [1.82, 2.24) is 4.57 Å². The van der Waals surface area contributed by atoms with Crippen molar-refractivity contribution in [3.05, 3.63) is 57.6 Å². The van der Waals surface area contributed by atoms with Crippen molar-refractivity contribution < 1.29 is 19.0 Å². The molecule has 29 heavy (non-hydrogen) atoms. The summed E-state index contributed by atoms with van der Waals surface area (Å²) in [6.07, 6.45) is 3.20. The van der Waals surface area contributed by atoms with Crippen molar-refractivity contribution in [2.75, 3.05) is 18.5 Å². The van der Waals surface area contributed by atoms with Gasteiger partial charge in [-0.15, -0.1) is 0 Å². The second-order valence-corrected chi connectivity index (χ2v) is 7.56. The van der Waals surface area contributed by atoms with Crippen molar-refractivity contribution in [1.29, 1.82) is 0 Å². The summed E-state index contributed by atoms with van der Waals surface area (Å²) >= 11 is 0. The topological polar surface area (TPSA) is 80.6 Å². The van der Waals surface area contributed by atoms with Crippen molar-refractivity contribution in [3.63, 3.8) is 0 Å². The Labute approximate surface area is 165 Å². The van der Waals surface area contributed by atoms with E-state index in [4.69, 9.17) is 4.74 Å². The van der Waals surface area contributed by atoms with E-state index in [1.165, 1.54) is 13.1 Å². The molecule has 0 bridgehead atoms. The lowest BCUT2D eigenvalue weighted by Crippen LogP contribution is -2.20. The number of fused-ring (bicyclic) bond motifs is 2. The highest BCUT2D eigenvalue weighted by Crippen LogP contribution is 2.40. The highest BCUT2D eigenvalue weighted by atomic mass is 19.1. The number of rotatable bonds is 3. The minimum absolute atomic E-state index is 0.130. The van der Waals surface area contributed by atoms with Crippen LogP contribution in [0.4, 0.5) is 10.1 Å². The molecule has 0 amide bonds. The van der Waals surface area contributed by atoms with Gasteiger partial charge in [0.25, 0.3) is 0 Å². The van der Waals surface area contributed by atoms with Crippen molar-refractivity contribution >= 4 is 22.6 Å². The molecule has 1 aromatic heterocycles. The fourth-order valence-electron chi connectivity index (χ4n) is 3.99. The van der Waals surface area contributed by atoms with E-state index >= 15 is 4.39 Å². The molecule has 0 radical (unpaired) electrons. The number of hydrogen-bond donors (Lipinski definition) is 2. The number of anilines is 1. The van der Waals surface area contributed by atoms with Gasteiger partial charge in [0.15, 0.2) is 0 Å². The second-order valence-electron chi connectivity index (χ2n) is 7.56. The first-order valence-electron chi connectivity index (χ1n) is 9.58. The molecule has 1 fully saturated rings. The van der Waals surface area contributed by atoms with Crippen LogP contribution in [-0.4, -0.2) is 28.8 Å². The molecule has 5 rings (SSSR count). The third-order valence-electron chi connectivity index (χ3n) is 5.63. The molecule has 0 spiro atoms.